The minimum absolute atomic E-state index is 0.0515. The molecule has 0 aliphatic carbocycles. The van der Waals surface area contributed by atoms with Crippen LogP contribution in [0.3, 0.4) is 0 Å². The minimum atomic E-state index is -1.18. The predicted octanol–water partition coefficient (Wildman–Crippen LogP) is 1.48. The van der Waals surface area contributed by atoms with Crippen LogP contribution in [0.25, 0.3) is 0 Å². The van der Waals surface area contributed by atoms with Gasteiger partial charge in [0, 0.05) is 33.6 Å². The van der Waals surface area contributed by atoms with E-state index in [9.17, 15) is 28.8 Å². The SMILES string of the molecule is C=CCC1OC(=O)CCNC(=O)[C@H](C)N(C)C(=O)[C@H]([C@@H](C)CC)N(C)C(=O)[C@H]([C@@H](C)CC)NC(=O)[C@@H]2C(C)CCN2C1=O. The Hall–Kier alpha value is -3.44. The summed E-state index contributed by atoms with van der Waals surface area (Å²) in [5.41, 5.74) is 0. The van der Waals surface area contributed by atoms with Crippen molar-refractivity contribution in [1.29, 1.82) is 0 Å². The summed E-state index contributed by atoms with van der Waals surface area (Å²) in [6, 6.07) is -3.61. The van der Waals surface area contributed by atoms with Gasteiger partial charge in [0.2, 0.25) is 23.6 Å². The number of ether oxygens (including phenoxy) is 1. The smallest absolute Gasteiger partial charge is 0.308 e. The van der Waals surface area contributed by atoms with Gasteiger partial charge in [-0.15, -0.1) is 6.58 Å². The fourth-order valence-corrected chi connectivity index (χ4v) is 5.65. The monoisotopic (exact) mass is 605 g/mol. The van der Waals surface area contributed by atoms with E-state index in [4.69, 9.17) is 4.74 Å². The fourth-order valence-electron chi connectivity index (χ4n) is 5.65. The van der Waals surface area contributed by atoms with E-state index in [0.29, 0.717) is 19.3 Å². The molecule has 2 aliphatic heterocycles. The molecule has 0 aromatic carbocycles. The summed E-state index contributed by atoms with van der Waals surface area (Å²) >= 11 is 0. The third-order valence-corrected chi connectivity index (χ3v) is 9.10. The van der Waals surface area contributed by atoms with Gasteiger partial charge in [-0.05, 0) is 31.1 Å². The van der Waals surface area contributed by atoms with Gasteiger partial charge in [0.15, 0.2) is 6.10 Å². The number of nitrogens with zero attached hydrogens (tertiary/aromatic N) is 3. The minimum Gasteiger partial charge on any atom is -0.452 e. The largest absolute Gasteiger partial charge is 0.452 e. The van der Waals surface area contributed by atoms with E-state index in [-0.39, 0.29) is 43.7 Å². The van der Waals surface area contributed by atoms with Gasteiger partial charge in [-0.25, -0.2) is 0 Å². The first-order valence-corrected chi connectivity index (χ1v) is 15.4. The number of carbonyl (C=O) groups is 6. The fraction of sp³-hybridized carbons (Fsp3) is 0.742. The van der Waals surface area contributed by atoms with Crippen molar-refractivity contribution in [2.75, 3.05) is 27.2 Å². The first kappa shape index (κ1) is 35.8. The second-order valence-electron chi connectivity index (χ2n) is 12.1. The van der Waals surface area contributed by atoms with Crippen molar-refractivity contribution < 1.29 is 33.5 Å². The lowest BCUT2D eigenvalue weighted by Gasteiger charge is -2.39. The normalized spacial score (nSPS) is 30.4. The van der Waals surface area contributed by atoms with Crippen LogP contribution < -0.4 is 10.6 Å². The summed E-state index contributed by atoms with van der Waals surface area (Å²) in [7, 11) is 3.06. The van der Waals surface area contributed by atoms with Gasteiger partial charge in [0.25, 0.3) is 5.91 Å². The molecular formula is C31H51N5O7. The predicted molar refractivity (Wildman–Crippen MR) is 161 cm³/mol. The van der Waals surface area contributed by atoms with E-state index < -0.39 is 65.8 Å². The molecule has 12 heteroatoms. The molecule has 2 unspecified atom stereocenters. The number of esters is 1. The van der Waals surface area contributed by atoms with Gasteiger partial charge >= 0.3 is 5.97 Å². The first-order valence-electron chi connectivity index (χ1n) is 15.4. The molecule has 8 atom stereocenters. The molecule has 0 spiro atoms. The lowest BCUT2D eigenvalue weighted by Crippen LogP contribution is -2.61. The second kappa shape index (κ2) is 15.9. The molecular weight excluding hydrogens is 554 g/mol. The number of hydrogen-bond donors (Lipinski definition) is 2. The second-order valence-corrected chi connectivity index (χ2v) is 12.1. The molecule has 0 aromatic heterocycles. The lowest BCUT2D eigenvalue weighted by atomic mass is 9.92. The molecule has 2 rings (SSSR count). The maximum atomic E-state index is 14.1. The highest BCUT2D eigenvalue weighted by Crippen LogP contribution is 2.27. The average Bonchev–Trinajstić information content (AvgIpc) is 3.37. The molecule has 0 radical (unpaired) electrons. The van der Waals surface area contributed by atoms with Crippen LogP contribution in [0.2, 0.25) is 0 Å². The van der Waals surface area contributed by atoms with Gasteiger partial charge in [0.05, 0.1) is 6.42 Å². The van der Waals surface area contributed by atoms with Crippen LogP contribution >= 0.6 is 0 Å². The van der Waals surface area contributed by atoms with E-state index in [1.807, 2.05) is 34.6 Å². The van der Waals surface area contributed by atoms with E-state index in [1.165, 1.54) is 27.8 Å². The lowest BCUT2D eigenvalue weighted by molar-refractivity contribution is -0.161. The third kappa shape index (κ3) is 8.35. The zero-order chi connectivity index (χ0) is 32.6. The van der Waals surface area contributed by atoms with Crippen molar-refractivity contribution in [3.8, 4) is 0 Å². The number of carbonyl (C=O) groups excluding carboxylic acids is 6. The number of fused-ring (bicyclic) bond motifs is 1. The average molecular weight is 606 g/mol. The Morgan fingerprint density at radius 2 is 1.56 bits per heavy atom. The van der Waals surface area contributed by atoms with E-state index in [1.54, 1.807) is 14.0 Å². The standard InChI is InChI=1S/C31H51N5O7/c1-10-13-22-29(40)36-17-15-20(6)25(36)28(39)33-24(18(4)11-2)30(41)35(9)26(19(5)12-3)31(42)34(8)21(7)27(38)32-16-14-23(37)43-22/h10,18-22,24-26H,1,11-17H2,2-9H3,(H,32,38)(H,33,39)/t18-,19-,20?,21-,22?,24-,25-,26-/m0/s1. The topological polar surface area (TPSA) is 145 Å². The van der Waals surface area contributed by atoms with Crippen molar-refractivity contribution in [1.82, 2.24) is 25.3 Å². The molecule has 2 heterocycles. The molecule has 2 N–H and O–H groups in total. The zero-order valence-corrected chi connectivity index (χ0v) is 27.1. The Labute approximate surface area is 255 Å². The van der Waals surface area contributed by atoms with Crippen LogP contribution in [0.4, 0.5) is 0 Å². The van der Waals surface area contributed by atoms with Crippen molar-refractivity contribution in [3.63, 3.8) is 0 Å². The summed E-state index contributed by atoms with van der Waals surface area (Å²) < 4.78 is 5.50. The highest BCUT2D eigenvalue weighted by Gasteiger charge is 2.45. The molecule has 0 aromatic rings. The molecule has 0 bridgehead atoms. The van der Waals surface area contributed by atoms with Crippen molar-refractivity contribution in [2.24, 2.45) is 17.8 Å². The first-order chi connectivity index (χ1) is 20.2. The maximum absolute atomic E-state index is 14.1. The number of rotatable bonds is 6. The van der Waals surface area contributed by atoms with Gasteiger partial charge in [-0.3, -0.25) is 28.8 Å². The zero-order valence-electron chi connectivity index (χ0n) is 27.1. The van der Waals surface area contributed by atoms with Crippen LogP contribution in [0, 0.1) is 17.8 Å². The third-order valence-electron chi connectivity index (χ3n) is 9.10. The van der Waals surface area contributed by atoms with Gasteiger partial charge < -0.3 is 30.1 Å². The highest BCUT2D eigenvalue weighted by atomic mass is 16.5. The van der Waals surface area contributed by atoms with Crippen molar-refractivity contribution in [3.05, 3.63) is 12.7 Å². The van der Waals surface area contributed by atoms with Crippen LogP contribution in [0.5, 0.6) is 0 Å². The van der Waals surface area contributed by atoms with E-state index >= 15 is 0 Å². The number of cyclic esters (lactones) is 1. The van der Waals surface area contributed by atoms with Crippen LogP contribution in [0.1, 0.15) is 73.6 Å². The summed E-state index contributed by atoms with van der Waals surface area (Å²) in [4.78, 5) is 85.1. The number of nitrogens with one attached hydrogen (secondary N) is 2. The van der Waals surface area contributed by atoms with Gasteiger partial charge in [-0.1, -0.05) is 53.5 Å². The molecule has 242 valence electrons. The maximum Gasteiger partial charge on any atom is 0.308 e. The quantitative estimate of drug-likeness (QED) is 0.345. The number of likely N-dealkylation sites (N-methyl/N-ethyl adjacent to an activating group) is 2. The molecule has 5 amide bonds. The Kier molecular flexibility index (Phi) is 13.2. The molecule has 2 saturated heterocycles. The van der Waals surface area contributed by atoms with Crippen LogP contribution in [-0.2, 0) is 33.5 Å². The number of hydrogen-bond acceptors (Lipinski definition) is 7. The van der Waals surface area contributed by atoms with Gasteiger partial charge in [-0.2, -0.15) is 0 Å². The summed E-state index contributed by atoms with van der Waals surface area (Å²) in [5, 5.41) is 5.58. The molecule has 2 fully saturated rings. The Bertz CT molecular complexity index is 1070. The Morgan fingerprint density at radius 1 is 0.930 bits per heavy atom. The summed E-state index contributed by atoms with van der Waals surface area (Å²) in [6.45, 7) is 14.9. The summed E-state index contributed by atoms with van der Waals surface area (Å²) in [5.74, 6) is -3.72. The molecule has 2 aliphatic rings. The van der Waals surface area contributed by atoms with E-state index in [2.05, 4.69) is 17.2 Å². The Balaban J connectivity index is 2.59. The molecule has 0 saturated carbocycles. The highest BCUT2D eigenvalue weighted by molar-refractivity contribution is 5.96. The van der Waals surface area contributed by atoms with Crippen LogP contribution in [0.15, 0.2) is 12.7 Å². The van der Waals surface area contributed by atoms with E-state index in [0.717, 1.165) is 0 Å². The van der Waals surface area contributed by atoms with Crippen molar-refractivity contribution >= 4 is 35.5 Å². The Morgan fingerprint density at radius 3 is 2.14 bits per heavy atom. The number of amides is 5. The molecule has 43 heavy (non-hydrogen) atoms. The summed E-state index contributed by atoms with van der Waals surface area (Å²) in [6.07, 6.45) is 1.87. The van der Waals surface area contributed by atoms with Gasteiger partial charge in [0.1, 0.15) is 24.2 Å². The van der Waals surface area contributed by atoms with Crippen molar-refractivity contribution in [2.45, 2.75) is 104 Å². The molecule has 12 nitrogen and oxygen atoms in total. The van der Waals surface area contributed by atoms with Crippen LogP contribution in [-0.4, -0.2) is 108 Å².